The monoisotopic (exact) mass is 987 g/mol. The van der Waals surface area contributed by atoms with E-state index < -0.39 is 82.2 Å². The summed E-state index contributed by atoms with van der Waals surface area (Å²) in [6.07, 6.45) is 1.40. The van der Waals surface area contributed by atoms with Crippen LogP contribution in [-0.2, 0) is 40.7 Å². The minimum absolute atomic E-state index is 0.0109. The Hall–Kier alpha value is -5.59. The summed E-state index contributed by atoms with van der Waals surface area (Å²) in [6, 6.07) is 6.72. The average molecular weight is 988 g/mol. The lowest BCUT2D eigenvalue weighted by Crippen LogP contribution is -2.26. The topological polar surface area (TPSA) is 313 Å². The van der Waals surface area contributed by atoms with Crippen molar-refractivity contribution in [2.75, 3.05) is 43.5 Å². The number of rotatable bonds is 17. The number of carboxylic acids is 1. The van der Waals surface area contributed by atoms with Crippen LogP contribution in [0.1, 0.15) is 67.6 Å². The second-order valence-corrected chi connectivity index (χ2v) is 18.0. The highest BCUT2D eigenvalue weighted by Gasteiger charge is 2.32. The zero-order chi connectivity index (χ0) is 50.6. The summed E-state index contributed by atoms with van der Waals surface area (Å²) in [5.41, 5.74) is -1.61. The number of alkyl halides is 3. The highest BCUT2D eigenvalue weighted by Crippen LogP contribution is 2.40. The Labute approximate surface area is 378 Å². The largest absolute Gasteiger partial charge is 0.778 e. The molecule has 21 nitrogen and oxygen atoms in total. The van der Waals surface area contributed by atoms with E-state index in [2.05, 4.69) is 24.1 Å². The number of anilines is 1. The number of carbonyl (C=O) groups is 3. The van der Waals surface area contributed by atoms with Gasteiger partial charge in [-0.25, -0.2) is 9.59 Å². The predicted molar refractivity (Wildman–Crippen MR) is 234 cm³/mol. The molecule has 27 heteroatoms. The van der Waals surface area contributed by atoms with Crippen LogP contribution in [0, 0.1) is 44.2 Å². The predicted octanol–water partition coefficient (Wildman–Crippen LogP) is 7.55. The quantitative estimate of drug-likeness (QED) is 0.0333. The minimum atomic E-state index is -4.61. The van der Waals surface area contributed by atoms with Crippen LogP contribution in [0.15, 0.2) is 42.5 Å². The molecule has 4 N–H and O–H groups in total. The summed E-state index contributed by atoms with van der Waals surface area (Å²) in [4.78, 5) is 83.5. The summed E-state index contributed by atoms with van der Waals surface area (Å²) >= 11 is 5.83. The van der Waals surface area contributed by atoms with Gasteiger partial charge >= 0.3 is 29.8 Å². The Balaban J connectivity index is 0.00000102. The van der Waals surface area contributed by atoms with Crippen molar-refractivity contribution in [2.45, 2.75) is 72.7 Å². The number of nitro benzene ring substituents is 3. The fourth-order valence-electron chi connectivity index (χ4n) is 4.72. The lowest BCUT2D eigenvalue weighted by atomic mass is 10.0. The van der Waals surface area contributed by atoms with E-state index >= 15 is 0 Å². The van der Waals surface area contributed by atoms with E-state index in [1.165, 1.54) is 13.0 Å². The molecule has 0 bridgehead atoms. The smallest absolute Gasteiger partial charge is 0.416 e. The van der Waals surface area contributed by atoms with Gasteiger partial charge in [-0.3, -0.25) is 40.5 Å². The number of aliphatic carboxylic acids is 1. The molecule has 3 rings (SSSR count). The van der Waals surface area contributed by atoms with Gasteiger partial charge in [-0.2, -0.15) is 13.2 Å². The highest BCUT2D eigenvalue weighted by atomic mass is 35.5. The number of hydrogen-bond acceptors (Lipinski definition) is 16. The molecule has 3 aromatic carbocycles. The summed E-state index contributed by atoms with van der Waals surface area (Å²) in [5, 5.41) is 46.2. The molecular weight excluding hydrogens is 938 g/mol. The number of nitrogens with zero attached hydrogens (tertiary/aromatic N) is 3. The van der Waals surface area contributed by atoms with Crippen LogP contribution in [0.3, 0.4) is 0 Å². The average Bonchev–Trinajstić information content (AvgIpc) is 3.17. The van der Waals surface area contributed by atoms with Crippen LogP contribution in [0.2, 0.25) is 5.02 Å². The number of carboxylic acid groups (broad SMARTS) is 1. The molecule has 65 heavy (non-hydrogen) atoms. The van der Waals surface area contributed by atoms with E-state index in [4.69, 9.17) is 35.8 Å². The molecule has 0 amide bonds. The molecule has 0 aliphatic carbocycles. The van der Waals surface area contributed by atoms with E-state index in [0.29, 0.717) is 28.1 Å². The van der Waals surface area contributed by atoms with Gasteiger partial charge in [-0.1, -0.05) is 25.4 Å². The zero-order valence-corrected chi connectivity index (χ0v) is 39.0. The van der Waals surface area contributed by atoms with Crippen molar-refractivity contribution in [2.24, 2.45) is 0 Å². The van der Waals surface area contributed by atoms with Crippen molar-refractivity contribution in [1.29, 1.82) is 0 Å². The first kappa shape index (κ1) is 59.4. The van der Waals surface area contributed by atoms with Gasteiger partial charge < -0.3 is 39.0 Å². The van der Waals surface area contributed by atoms with Crippen LogP contribution in [0.25, 0.3) is 0 Å². The molecule has 0 saturated heterocycles. The van der Waals surface area contributed by atoms with Crippen molar-refractivity contribution in [3.8, 4) is 11.5 Å². The SMILES string of the molecule is CCC(CC)Nc1c([N+](=O)[O-])cc(C)c(C)c1[N+](=O)[O-].CCOC(=O)C(C)OC(=O)c1cc(Oc2ccc(C(F)(F)F)cc2Cl)ccc1[N+](=O)[O-].C[S+](C)C.O=C(O)CNCP(=O)([O-])O. The molecule has 2 unspecified atom stereocenters. The van der Waals surface area contributed by atoms with Gasteiger partial charge in [-0.15, -0.1) is 0 Å². The third-order valence-electron chi connectivity index (χ3n) is 7.87. The number of halogens is 4. The molecule has 0 fully saturated rings. The van der Waals surface area contributed by atoms with E-state index in [0.717, 1.165) is 43.2 Å². The maximum Gasteiger partial charge on any atom is 0.416 e. The molecular formula is C38H50ClF3N5O16PS. The fourth-order valence-corrected chi connectivity index (χ4v) is 5.33. The number of esters is 2. The number of ether oxygens (including phenoxy) is 3. The summed E-state index contributed by atoms with van der Waals surface area (Å²) in [6.45, 7) is 9.44. The standard InChI is InChI=1S/C19H15ClF3NO7.C13H19N3O4.C3H8NO5P.C3H9S/c1-3-29-17(25)10(2)30-18(26)13-9-12(5-6-15(13)24(27)28)31-16-7-4-11(8-14(16)20)19(21,22)23;1-5-10(6-2)14-12-11(15(17)18)7-8(3)9(4)13(12)16(19)20;5-3(6)1-4-2-10(7,8)9;1-4(2)3/h4-10H,3H2,1-2H3;7,10,14H,5-6H2,1-4H3;4H,1-2H2,(H,5,6)(H2,7,8,9);1-3H3/q;;;+1/p-1. The Bertz CT molecular complexity index is 2190. The van der Waals surface area contributed by atoms with Gasteiger partial charge in [0.2, 0.25) is 0 Å². The van der Waals surface area contributed by atoms with Gasteiger partial charge in [0, 0.05) is 29.8 Å². The lowest BCUT2D eigenvalue weighted by molar-refractivity contribution is -0.392. The molecule has 3 aromatic rings. The van der Waals surface area contributed by atoms with Crippen LogP contribution in [0.4, 0.5) is 35.9 Å². The fraction of sp³-hybridized carbons (Fsp3) is 0.447. The number of aryl methyl sites for hydroxylation is 1. The number of carbonyl (C=O) groups excluding carboxylic acids is 2. The van der Waals surface area contributed by atoms with Gasteiger partial charge in [0.15, 0.2) is 11.8 Å². The minimum Gasteiger partial charge on any atom is -0.778 e. The third-order valence-corrected chi connectivity index (χ3v) is 8.79. The molecule has 0 aliphatic rings. The Morgan fingerprint density at radius 1 is 0.923 bits per heavy atom. The van der Waals surface area contributed by atoms with Crippen molar-refractivity contribution in [1.82, 2.24) is 5.32 Å². The normalized spacial score (nSPS) is 12.1. The van der Waals surface area contributed by atoms with E-state index in [1.54, 1.807) is 20.8 Å². The van der Waals surface area contributed by atoms with E-state index in [9.17, 15) is 67.4 Å². The van der Waals surface area contributed by atoms with E-state index in [-0.39, 0.29) is 46.2 Å². The second-order valence-electron chi connectivity index (χ2n) is 13.6. The highest BCUT2D eigenvalue weighted by molar-refractivity contribution is 7.94. The van der Waals surface area contributed by atoms with Crippen molar-refractivity contribution in [3.05, 3.63) is 100 Å². The molecule has 0 saturated carbocycles. The van der Waals surface area contributed by atoms with Crippen molar-refractivity contribution in [3.63, 3.8) is 0 Å². The van der Waals surface area contributed by atoms with Crippen LogP contribution in [0.5, 0.6) is 11.5 Å². The number of nitrogens with one attached hydrogen (secondary N) is 2. The van der Waals surface area contributed by atoms with Gasteiger partial charge in [0.25, 0.3) is 11.4 Å². The first-order valence-electron chi connectivity index (χ1n) is 18.8. The number of hydrogen-bond donors (Lipinski definition) is 4. The maximum atomic E-state index is 12.8. The molecule has 0 spiro atoms. The molecule has 2 atom stereocenters. The lowest BCUT2D eigenvalue weighted by Gasteiger charge is -2.17. The summed E-state index contributed by atoms with van der Waals surface area (Å²) in [7, 11) is -3.71. The first-order valence-corrected chi connectivity index (χ1v) is 23.4. The second kappa shape index (κ2) is 27.7. The molecule has 0 aliphatic heterocycles. The van der Waals surface area contributed by atoms with Gasteiger partial charge in [-0.05, 0) is 81.3 Å². The number of benzene rings is 3. The maximum absolute atomic E-state index is 12.8. The van der Waals surface area contributed by atoms with Crippen LogP contribution >= 0.6 is 19.2 Å². The summed E-state index contributed by atoms with van der Waals surface area (Å²) in [5.74, 6) is -3.53. The Kier molecular flexibility index (Phi) is 25.3. The molecule has 0 radical (unpaired) electrons. The van der Waals surface area contributed by atoms with Crippen molar-refractivity contribution >= 4 is 70.7 Å². The molecule has 362 valence electrons. The number of nitro groups is 3. The summed E-state index contributed by atoms with van der Waals surface area (Å²) < 4.78 is 63.2. The molecule has 0 aromatic heterocycles. The van der Waals surface area contributed by atoms with Gasteiger partial charge in [0.1, 0.15) is 24.7 Å². The Morgan fingerprint density at radius 3 is 1.91 bits per heavy atom. The Morgan fingerprint density at radius 2 is 1.48 bits per heavy atom. The van der Waals surface area contributed by atoms with E-state index in [1.807, 2.05) is 19.2 Å². The molecule has 0 heterocycles. The van der Waals surface area contributed by atoms with Crippen LogP contribution < -0.4 is 20.3 Å². The van der Waals surface area contributed by atoms with Crippen LogP contribution in [-0.4, -0.2) is 93.0 Å². The van der Waals surface area contributed by atoms with Gasteiger partial charge in [0.05, 0.1) is 63.6 Å². The first-order chi connectivity index (χ1) is 29.9. The zero-order valence-electron chi connectivity index (χ0n) is 36.6. The third kappa shape index (κ3) is 21.8. The van der Waals surface area contributed by atoms with Crippen molar-refractivity contribution < 1.29 is 76.0 Å².